The number of benzene rings is 2. The average molecular weight is 268 g/mol. The molecule has 2 N–H and O–H groups in total. The maximum atomic E-state index is 5.70. The lowest BCUT2D eigenvalue weighted by atomic mass is 10.00. The molecule has 0 radical (unpaired) electrons. The Bertz CT molecular complexity index is 546. The lowest BCUT2D eigenvalue weighted by molar-refractivity contribution is 0.773. The zero-order valence-electron chi connectivity index (χ0n) is 12.6. The Morgan fingerprint density at radius 3 is 2.40 bits per heavy atom. The zero-order chi connectivity index (χ0) is 14.5. The number of anilines is 1. The smallest absolute Gasteiger partial charge is 0.0426 e. The van der Waals surface area contributed by atoms with E-state index in [1.54, 1.807) is 0 Å². The largest absolute Gasteiger partial charge is 0.370 e. The van der Waals surface area contributed by atoms with Gasteiger partial charge in [-0.05, 0) is 48.2 Å². The Morgan fingerprint density at radius 1 is 1.10 bits per heavy atom. The van der Waals surface area contributed by atoms with E-state index in [2.05, 4.69) is 74.3 Å². The highest BCUT2D eigenvalue weighted by molar-refractivity contribution is 5.48. The highest BCUT2D eigenvalue weighted by Crippen LogP contribution is 2.19. The summed E-state index contributed by atoms with van der Waals surface area (Å²) in [6, 6.07) is 17.4. The standard InChI is InChI=1S/C18H24N2/c1-14-5-4-6-18(11-14)20(3)13-16-7-9-17(10-8-16)15(2)12-19/h4-11,15H,12-13,19H2,1-3H3. The molecule has 0 aliphatic rings. The maximum Gasteiger partial charge on any atom is 0.0426 e. The van der Waals surface area contributed by atoms with E-state index in [-0.39, 0.29) is 0 Å². The average Bonchev–Trinajstić information content (AvgIpc) is 2.47. The number of aryl methyl sites for hydroxylation is 1. The maximum absolute atomic E-state index is 5.70. The first kappa shape index (κ1) is 14.6. The highest BCUT2D eigenvalue weighted by atomic mass is 15.1. The summed E-state index contributed by atoms with van der Waals surface area (Å²) in [5, 5.41) is 0. The van der Waals surface area contributed by atoms with Crippen LogP contribution in [0.3, 0.4) is 0 Å². The predicted molar refractivity (Wildman–Crippen MR) is 87.2 cm³/mol. The molecule has 0 amide bonds. The van der Waals surface area contributed by atoms with Gasteiger partial charge in [-0.2, -0.15) is 0 Å². The number of rotatable bonds is 5. The first-order chi connectivity index (χ1) is 9.60. The van der Waals surface area contributed by atoms with Crippen LogP contribution in [-0.4, -0.2) is 13.6 Å². The summed E-state index contributed by atoms with van der Waals surface area (Å²) in [5.41, 5.74) is 10.9. The van der Waals surface area contributed by atoms with Crippen molar-refractivity contribution >= 4 is 5.69 Å². The van der Waals surface area contributed by atoms with Gasteiger partial charge in [0.2, 0.25) is 0 Å². The first-order valence-electron chi connectivity index (χ1n) is 7.17. The van der Waals surface area contributed by atoms with Gasteiger partial charge in [0, 0.05) is 19.3 Å². The predicted octanol–water partition coefficient (Wildman–Crippen LogP) is 3.69. The normalized spacial score (nSPS) is 12.2. The summed E-state index contributed by atoms with van der Waals surface area (Å²) in [5.74, 6) is 0.429. The fraction of sp³-hybridized carbons (Fsp3) is 0.333. The van der Waals surface area contributed by atoms with Crippen LogP contribution in [-0.2, 0) is 6.54 Å². The number of hydrogen-bond donors (Lipinski definition) is 1. The van der Waals surface area contributed by atoms with E-state index >= 15 is 0 Å². The van der Waals surface area contributed by atoms with Crippen molar-refractivity contribution < 1.29 is 0 Å². The third-order valence-corrected chi connectivity index (χ3v) is 3.76. The second kappa shape index (κ2) is 6.58. The molecule has 20 heavy (non-hydrogen) atoms. The number of nitrogens with zero attached hydrogens (tertiary/aromatic N) is 1. The van der Waals surface area contributed by atoms with E-state index < -0.39 is 0 Å². The molecule has 1 atom stereocenters. The fourth-order valence-electron chi connectivity index (χ4n) is 2.32. The number of nitrogens with two attached hydrogens (primary N) is 1. The molecule has 0 aliphatic carbocycles. The van der Waals surface area contributed by atoms with Gasteiger partial charge in [-0.1, -0.05) is 43.3 Å². The molecule has 0 spiro atoms. The van der Waals surface area contributed by atoms with Crippen molar-refractivity contribution in [3.63, 3.8) is 0 Å². The van der Waals surface area contributed by atoms with Crippen LogP contribution in [0.15, 0.2) is 48.5 Å². The molecule has 0 bridgehead atoms. The molecular formula is C18H24N2. The minimum absolute atomic E-state index is 0.429. The van der Waals surface area contributed by atoms with Crippen LogP contribution in [0.5, 0.6) is 0 Å². The molecule has 2 aromatic carbocycles. The van der Waals surface area contributed by atoms with Crippen LogP contribution < -0.4 is 10.6 Å². The quantitative estimate of drug-likeness (QED) is 0.896. The lowest BCUT2D eigenvalue weighted by Crippen LogP contribution is -2.16. The van der Waals surface area contributed by atoms with Gasteiger partial charge >= 0.3 is 0 Å². The topological polar surface area (TPSA) is 29.3 Å². The summed E-state index contributed by atoms with van der Waals surface area (Å²) < 4.78 is 0. The van der Waals surface area contributed by atoms with Gasteiger partial charge in [0.25, 0.3) is 0 Å². The van der Waals surface area contributed by atoms with E-state index in [4.69, 9.17) is 5.73 Å². The van der Waals surface area contributed by atoms with Gasteiger partial charge in [0.1, 0.15) is 0 Å². The van der Waals surface area contributed by atoms with Crippen LogP contribution in [0.1, 0.15) is 29.5 Å². The van der Waals surface area contributed by atoms with Gasteiger partial charge in [0.05, 0.1) is 0 Å². The van der Waals surface area contributed by atoms with E-state index in [1.807, 2.05) is 0 Å². The summed E-state index contributed by atoms with van der Waals surface area (Å²) in [6.45, 7) is 5.90. The van der Waals surface area contributed by atoms with Crippen LogP contribution in [0, 0.1) is 6.92 Å². The third kappa shape index (κ3) is 3.61. The highest BCUT2D eigenvalue weighted by Gasteiger charge is 2.05. The fourth-order valence-corrected chi connectivity index (χ4v) is 2.32. The minimum atomic E-state index is 0.429. The van der Waals surface area contributed by atoms with Gasteiger partial charge in [-0.15, -0.1) is 0 Å². The monoisotopic (exact) mass is 268 g/mol. The zero-order valence-corrected chi connectivity index (χ0v) is 12.6. The molecule has 0 saturated carbocycles. The molecule has 2 aromatic rings. The SMILES string of the molecule is Cc1cccc(N(C)Cc2ccc(C(C)CN)cc2)c1. The van der Waals surface area contributed by atoms with Crippen LogP contribution >= 0.6 is 0 Å². The molecule has 1 unspecified atom stereocenters. The van der Waals surface area contributed by atoms with Gasteiger partial charge < -0.3 is 10.6 Å². The van der Waals surface area contributed by atoms with Crippen molar-refractivity contribution in [3.8, 4) is 0 Å². The van der Waals surface area contributed by atoms with Crippen molar-refractivity contribution in [2.24, 2.45) is 5.73 Å². The first-order valence-corrected chi connectivity index (χ1v) is 7.17. The molecule has 2 rings (SSSR count). The Hall–Kier alpha value is -1.80. The second-order valence-corrected chi connectivity index (χ2v) is 5.57. The van der Waals surface area contributed by atoms with Crippen molar-refractivity contribution in [3.05, 3.63) is 65.2 Å². The van der Waals surface area contributed by atoms with Crippen LogP contribution in [0.25, 0.3) is 0 Å². The number of hydrogen-bond acceptors (Lipinski definition) is 2. The molecule has 2 heteroatoms. The van der Waals surface area contributed by atoms with E-state index in [0.717, 1.165) is 6.54 Å². The molecule has 0 saturated heterocycles. The lowest BCUT2D eigenvalue weighted by Gasteiger charge is -2.20. The van der Waals surface area contributed by atoms with Crippen LogP contribution in [0.2, 0.25) is 0 Å². The minimum Gasteiger partial charge on any atom is -0.370 e. The van der Waals surface area contributed by atoms with E-state index in [9.17, 15) is 0 Å². The Balaban J connectivity index is 2.06. The van der Waals surface area contributed by atoms with Crippen molar-refractivity contribution in [1.29, 1.82) is 0 Å². The molecular weight excluding hydrogens is 244 g/mol. The molecule has 0 heterocycles. The Kier molecular flexibility index (Phi) is 4.80. The van der Waals surface area contributed by atoms with E-state index in [1.165, 1.54) is 22.4 Å². The summed E-state index contributed by atoms with van der Waals surface area (Å²) >= 11 is 0. The Labute approximate surface area is 122 Å². The molecule has 106 valence electrons. The van der Waals surface area contributed by atoms with E-state index in [0.29, 0.717) is 12.5 Å². The van der Waals surface area contributed by atoms with Gasteiger partial charge in [-0.3, -0.25) is 0 Å². The van der Waals surface area contributed by atoms with Crippen LogP contribution in [0.4, 0.5) is 5.69 Å². The molecule has 0 aromatic heterocycles. The molecule has 0 aliphatic heterocycles. The Morgan fingerprint density at radius 2 is 1.80 bits per heavy atom. The van der Waals surface area contributed by atoms with Crippen molar-refractivity contribution in [2.45, 2.75) is 26.3 Å². The summed E-state index contributed by atoms with van der Waals surface area (Å²) in [6.07, 6.45) is 0. The van der Waals surface area contributed by atoms with Gasteiger partial charge in [0.15, 0.2) is 0 Å². The molecule has 0 fully saturated rings. The molecule has 2 nitrogen and oxygen atoms in total. The van der Waals surface area contributed by atoms with Gasteiger partial charge in [-0.25, -0.2) is 0 Å². The summed E-state index contributed by atoms with van der Waals surface area (Å²) in [4.78, 5) is 2.27. The van der Waals surface area contributed by atoms with Crippen molar-refractivity contribution in [1.82, 2.24) is 0 Å². The third-order valence-electron chi connectivity index (χ3n) is 3.76. The summed E-state index contributed by atoms with van der Waals surface area (Å²) in [7, 11) is 2.13. The second-order valence-electron chi connectivity index (χ2n) is 5.57. The van der Waals surface area contributed by atoms with Crippen molar-refractivity contribution in [2.75, 3.05) is 18.5 Å².